The molecule has 0 aromatic carbocycles. The molecule has 0 unspecified atom stereocenters. The van der Waals surface area contributed by atoms with Crippen molar-refractivity contribution in [1.29, 1.82) is 0 Å². The predicted octanol–water partition coefficient (Wildman–Crippen LogP) is 4.22. The molecular formula is C26H44ClN5O3. The fraction of sp³-hybridized carbons (Fsp3) is 0.846. The highest BCUT2D eigenvalue weighted by Crippen LogP contribution is 2.62. The van der Waals surface area contributed by atoms with Crippen molar-refractivity contribution in [2.45, 2.75) is 87.9 Å². The van der Waals surface area contributed by atoms with Gasteiger partial charge in [-0.05, 0) is 51.5 Å². The van der Waals surface area contributed by atoms with Crippen LogP contribution in [0, 0.1) is 5.92 Å². The average Bonchev–Trinajstić information content (AvgIpc) is 3.32. The van der Waals surface area contributed by atoms with Crippen molar-refractivity contribution >= 4 is 17.6 Å². The maximum absolute atomic E-state index is 13.4. The lowest BCUT2D eigenvalue weighted by atomic mass is 9.81. The van der Waals surface area contributed by atoms with Crippen LogP contribution >= 0.6 is 11.6 Å². The highest BCUT2D eigenvalue weighted by atomic mass is 35.5. The minimum atomic E-state index is -0.506. The summed E-state index contributed by atoms with van der Waals surface area (Å²) in [4.78, 5) is 20.1. The smallest absolute Gasteiger partial charge is 0.317 e. The molecule has 1 aromatic heterocycles. The Morgan fingerprint density at radius 2 is 2.11 bits per heavy atom. The highest BCUT2D eigenvalue weighted by Gasteiger charge is 2.73. The van der Waals surface area contributed by atoms with Crippen molar-refractivity contribution in [2.75, 3.05) is 40.4 Å². The number of methoxy groups -OCH3 is 1. The fourth-order valence-electron chi connectivity index (χ4n) is 6.47. The van der Waals surface area contributed by atoms with Crippen LogP contribution < -0.4 is 10.6 Å². The molecule has 9 heteroatoms. The van der Waals surface area contributed by atoms with E-state index >= 15 is 0 Å². The lowest BCUT2D eigenvalue weighted by Crippen LogP contribution is -2.54. The second-order valence-corrected chi connectivity index (χ2v) is 11.2. The molecule has 8 nitrogen and oxygen atoms in total. The van der Waals surface area contributed by atoms with Crippen molar-refractivity contribution in [1.82, 2.24) is 25.1 Å². The van der Waals surface area contributed by atoms with Crippen LogP contribution in [0.15, 0.2) is 6.20 Å². The van der Waals surface area contributed by atoms with Gasteiger partial charge in [-0.3, -0.25) is 0 Å². The van der Waals surface area contributed by atoms with Gasteiger partial charge < -0.3 is 29.6 Å². The number of urea groups is 1. The Morgan fingerprint density at radius 3 is 2.80 bits per heavy atom. The monoisotopic (exact) mass is 509 g/mol. The van der Waals surface area contributed by atoms with E-state index in [-0.39, 0.29) is 12.1 Å². The number of nitrogens with one attached hydrogen (secondary N) is 2. The SMILES string of the molecule is CNC[C@H](CC1CCCCC1)NC(=O)N1CCC[C@]2(C1)O[C@]2(CCCCOC)c1ncc(Cl)n1C. The van der Waals surface area contributed by atoms with Gasteiger partial charge in [-0.1, -0.05) is 43.7 Å². The molecular weight excluding hydrogens is 466 g/mol. The van der Waals surface area contributed by atoms with Gasteiger partial charge in [0.1, 0.15) is 16.6 Å². The Kier molecular flexibility index (Phi) is 9.00. The largest absolute Gasteiger partial charge is 0.385 e. The van der Waals surface area contributed by atoms with Gasteiger partial charge in [-0.2, -0.15) is 0 Å². The van der Waals surface area contributed by atoms with Crippen LogP contribution in [0.4, 0.5) is 4.79 Å². The van der Waals surface area contributed by atoms with Crippen LogP contribution in [0.3, 0.4) is 0 Å². The normalized spacial score (nSPS) is 27.8. The summed E-state index contributed by atoms with van der Waals surface area (Å²) in [5, 5.41) is 7.23. The minimum Gasteiger partial charge on any atom is -0.385 e. The second-order valence-electron chi connectivity index (χ2n) is 10.8. The van der Waals surface area contributed by atoms with Crippen molar-refractivity contribution in [3.05, 3.63) is 17.2 Å². The molecule has 2 amide bonds. The average molecular weight is 510 g/mol. The van der Waals surface area contributed by atoms with E-state index in [4.69, 9.17) is 21.1 Å². The van der Waals surface area contributed by atoms with Gasteiger partial charge in [-0.25, -0.2) is 9.78 Å². The third kappa shape index (κ3) is 5.81. The first-order valence-corrected chi connectivity index (χ1v) is 13.9. The van der Waals surface area contributed by atoms with Crippen LogP contribution in [-0.2, 0) is 22.1 Å². The molecule has 3 aliphatic rings. The van der Waals surface area contributed by atoms with E-state index in [0.29, 0.717) is 11.7 Å². The molecule has 3 heterocycles. The van der Waals surface area contributed by atoms with E-state index < -0.39 is 11.2 Å². The number of piperidine rings is 1. The molecule has 1 aliphatic carbocycles. The van der Waals surface area contributed by atoms with Crippen molar-refractivity contribution in [3.63, 3.8) is 0 Å². The van der Waals surface area contributed by atoms with Gasteiger partial charge in [0.25, 0.3) is 0 Å². The van der Waals surface area contributed by atoms with Gasteiger partial charge in [-0.15, -0.1) is 0 Å². The summed E-state index contributed by atoms with van der Waals surface area (Å²) in [6, 6.07) is 0.183. The van der Waals surface area contributed by atoms with Crippen LogP contribution in [0.25, 0.3) is 0 Å². The second kappa shape index (κ2) is 11.8. The number of aromatic nitrogens is 2. The van der Waals surface area contributed by atoms with Crippen LogP contribution in [0.2, 0.25) is 5.15 Å². The third-order valence-electron chi connectivity index (χ3n) is 8.35. The Hall–Kier alpha value is -1.35. The number of hydrogen-bond acceptors (Lipinski definition) is 5. The van der Waals surface area contributed by atoms with Gasteiger partial charge in [0.05, 0.1) is 12.7 Å². The fourth-order valence-corrected chi connectivity index (χ4v) is 6.60. The molecule has 2 aliphatic heterocycles. The molecule has 0 radical (unpaired) electrons. The Balaban J connectivity index is 1.44. The number of ether oxygens (including phenoxy) is 2. The number of rotatable bonds is 11. The standard InChI is InChI=1S/C26H44ClN5O3/c1-28-17-21(16-20-10-5-4-6-11-20)30-24(33)32-14-9-12-25(19-32)26(35-25,13-7-8-15-34-3)23-29-18-22(27)31(23)2/h18,20-21,28H,4-17,19H2,1-3H3,(H,30,33)/t21-,25+,26+/m0/s1. The van der Waals surface area contributed by atoms with Crippen molar-refractivity contribution in [3.8, 4) is 0 Å². The number of unbranched alkanes of at least 4 members (excludes halogenated alkanes) is 1. The van der Waals surface area contributed by atoms with Gasteiger partial charge in [0.2, 0.25) is 0 Å². The third-order valence-corrected chi connectivity index (χ3v) is 8.70. The Bertz CT molecular complexity index is 845. The zero-order valence-electron chi connectivity index (χ0n) is 21.8. The number of epoxide rings is 1. The lowest BCUT2D eigenvalue weighted by Gasteiger charge is -2.35. The topological polar surface area (TPSA) is 83.9 Å². The number of imidazole rings is 1. The lowest BCUT2D eigenvalue weighted by molar-refractivity contribution is 0.136. The number of likely N-dealkylation sites (N-methyl/N-ethyl adjacent to an activating group) is 1. The van der Waals surface area contributed by atoms with Crippen molar-refractivity contribution < 1.29 is 14.3 Å². The number of nitrogens with zero attached hydrogens (tertiary/aromatic N) is 3. The first-order valence-electron chi connectivity index (χ1n) is 13.5. The number of hydrogen-bond donors (Lipinski definition) is 2. The first kappa shape index (κ1) is 26.7. The molecule has 35 heavy (non-hydrogen) atoms. The number of carbonyl (C=O) groups excluding carboxylic acids is 1. The summed E-state index contributed by atoms with van der Waals surface area (Å²) in [7, 11) is 5.64. The summed E-state index contributed by atoms with van der Waals surface area (Å²) in [6.45, 7) is 2.87. The van der Waals surface area contributed by atoms with E-state index in [1.54, 1.807) is 13.3 Å². The van der Waals surface area contributed by atoms with Gasteiger partial charge >= 0.3 is 6.03 Å². The zero-order valence-corrected chi connectivity index (χ0v) is 22.5. The Labute approximate surface area is 215 Å². The number of likely N-dealkylation sites (tertiary alicyclic amines) is 1. The molecule has 3 atom stereocenters. The zero-order chi connectivity index (χ0) is 24.9. The molecule has 1 spiro atoms. The van der Waals surface area contributed by atoms with E-state index in [1.165, 1.54) is 32.1 Å². The van der Waals surface area contributed by atoms with E-state index in [2.05, 4.69) is 15.6 Å². The molecule has 1 saturated carbocycles. The van der Waals surface area contributed by atoms with E-state index in [0.717, 1.165) is 70.0 Å². The van der Waals surface area contributed by atoms with E-state index in [9.17, 15) is 4.79 Å². The van der Waals surface area contributed by atoms with Gasteiger partial charge in [0, 0.05) is 39.9 Å². The van der Waals surface area contributed by atoms with Crippen LogP contribution in [-0.4, -0.2) is 72.5 Å². The first-order chi connectivity index (χ1) is 16.9. The van der Waals surface area contributed by atoms with Crippen LogP contribution in [0.1, 0.15) is 76.5 Å². The maximum atomic E-state index is 13.4. The summed E-state index contributed by atoms with van der Waals surface area (Å²) in [5.41, 5.74) is -0.909. The maximum Gasteiger partial charge on any atom is 0.317 e. The Morgan fingerprint density at radius 1 is 1.31 bits per heavy atom. The molecule has 198 valence electrons. The molecule has 0 bridgehead atoms. The highest BCUT2D eigenvalue weighted by molar-refractivity contribution is 6.29. The number of carbonyl (C=O) groups is 1. The molecule has 4 rings (SSSR count). The summed E-state index contributed by atoms with van der Waals surface area (Å²) < 4.78 is 13.8. The number of amides is 2. The van der Waals surface area contributed by atoms with E-state index in [1.807, 2.05) is 23.6 Å². The quantitative estimate of drug-likeness (QED) is 0.344. The number of halogens is 1. The molecule has 2 saturated heterocycles. The predicted molar refractivity (Wildman–Crippen MR) is 138 cm³/mol. The minimum absolute atomic E-state index is 0.0294. The molecule has 2 N–H and O–H groups in total. The van der Waals surface area contributed by atoms with Crippen molar-refractivity contribution in [2.24, 2.45) is 13.0 Å². The van der Waals surface area contributed by atoms with Gasteiger partial charge in [0.15, 0.2) is 5.60 Å². The van der Waals surface area contributed by atoms with Crippen LogP contribution in [0.5, 0.6) is 0 Å². The summed E-state index contributed by atoms with van der Waals surface area (Å²) in [5.74, 6) is 1.59. The molecule has 1 aromatic rings. The summed E-state index contributed by atoms with van der Waals surface area (Å²) >= 11 is 6.36. The molecule has 3 fully saturated rings. The summed E-state index contributed by atoms with van der Waals surface area (Å²) in [6.07, 6.45) is 13.9.